The van der Waals surface area contributed by atoms with Crippen molar-refractivity contribution in [2.24, 2.45) is 0 Å². The van der Waals surface area contributed by atoms with E-state index in [4.69, 9.17) is 0 Å². The zero-order valence-electron chi connectivity index (χ0n) is 12.3. The molecule has 0 aliphatic carbocycles. The molecule has 3 aromatic rings. The van der Waals surface area contributed by atoms with Crippen LogP contribution in [0.1, 0.15) is 12.5 Å². The van der Waals surface area contributed by atoms with Gasteiger partial charge in [-0.3, -0.25) is 0 Å². The highest BCUT2D eigenvalue weighted by Gasteiger charge is 2.06. The summed E-state index contributed by atoms with van der Waals surface area (Å²) in [6, 6.07) is 14.8. The summed E-state index contributed by atoms with van der Waals surface area (Å²) >= 11 is 0. The van der Waals surface area contributed by atoms with Gasteiger partial charge in [-0.1, -0.05) is 79.9 Å². The smallest absolute Gasteiger partial charge is 0.00325 e. The van der Waals surface area contributed by atoms with Gasteiger partial charge >= 0.3 is 0 Å². The maximum atomic E-state index is 4.33. The van der Waals surface area contributed by atoms with Gasteiger partial charge in [0.1, 0.15) is 0 Å². The Morgan fingerprint density at radius 1 is 0.905 bits per heavy atom. The summed E-state index contributed by atoms with van der Waals surface area (Å²) in [6.45, 7) is 10.3. The second kappa shape index (κ2) is 5.41. The molecule has 0 bridgehead atoms. The average Bonchev–Trinajstić information content (AvgIpc) is 2.54. The highest BCUT2D eigenvalue weighted by molar-refractivity contribution is 6.03. The van der Waals surface area contributed by atoms with Crippen LogP contribution in [0.2, 0.25) is 0 Å². The Hall–Kier alpha value is -2.60. The standard InChI is InChI=1S/C21H18/c1-4-6-11-19-18-13-8-7-12-17(18)15(3)21-16(5-2)10-9-14-20(19)21/h4-14H,2-3H2,1H3/b6-4-,19-11+. The molecule has 0 amide bonds. The van der Waals surface area contributed by atoms with E-state index in [0.717, 1.165) is 10.8 Å². The maximum absolute atomic E-state index is 4.33. The van der Waals surface area contributed by atoms with Gasteiger partial charge in [0.25, 0.3) is 0 Å². The summed E-state index contributed by atoms with van der Waals surface area (Å²) < 4.78 is 0. The molecule has 0 aliphatic rings. The summed E-state index contributed by atoms with van der Waals surface area (Å²) in [5, 5.41) is 7.20. The first-order valence-electron chi connectivity index (χ1n) is 7.15. The number of benzene rings is 3. The van der Waals surface area contributed by atoms with Crippen molar-refractivity contribution < 1.29 is 0 Å². The molecule has 0 nitrogen and oxygen atoms in total. The lowest BCUT2D eigenvalue weighted by molar-refractivity contribution is 1.66. The van der Waals surface area contributed by atoms with Crippen molar-refractivity contribution in [1.82, 2.24) is 0 Å². The van der Waals surface area contributed by atoms with E-state index in [2.05, 4.69) is 73.9 Å². The molecule has 0 spiro atoms. The van der Waals surface area contributed by atoms with Crippen molar-refractivity contribution >= 4 is 40.3 Å². The van der Waals surface area contributed by atoms with E-state index in [-0.39, 0.29) is 0 Å². The largest absolute Gasteiger partial charge is 0.0984 e. The number of rotatable bonds is 2. The lowest BCUT2D eigenvalue weighted by Gasteiger charge is -2.09. The summed E-state index contributed by atoms with van der Waals surface area (Å²) in [6.07, 6.45) is 8.23. The summed E-state index contributed by atoms with van der Waals surface area (Å²) in [4.78, 5) is 0. The van der Waals surface area contributed by atoms with Crippen LogP contribution < -0.4 is 10.4 Å². The van der Waals surface area contributed by atoms with Gasteiger partial charge in [0.05, 0.1) is 0 Å². The van der Waals surface area contributed by atoms with Crippen molar-refractivity contribution in [2.75, 3.05) is 0 Å². The van der Waals surface area contributed by atoms with Crippen molar-refractivity contribution in [3.8, 4) is 0 Å². The van der Waals surface area contributed by atoms with Gasteiger partial charge in [0.15, 0.2) is 0 Å². The van der Waals surface area contributed by atoms with E-state index in [1.165, 1.54) is 26.8 Å². The molecular weight excluding hydrogens is 252 g/mol. The van der Waals surface area contributed by atoms with E-state index in [1.54, 1.807) is 0 Å². The minimum atomic E-state index is 1.08. The molecule has 102 valence electrons. The quantitative estimate of drug-likeness (QED) is 0.605. The van der Waals surface area contributed by atoms with Gasteiger partial charge in [-0.05, 0) is 44.5 Å². The Morgan fingerprint density at radius 2 is 1.62 bits per heavy atom. The van der Waals surface area contributed by atoms with E-state index in [1.807, 2.05) is 13.0 Å². The van der Waals surface area contributed by atoms with Crippen LogP contribution in [0.3, 0.4) is 0 Å². The first-order chi connectivity index (χ1) is 10.3. The molecule has 3 aromatic carbocycles. The highest BCUT2D eigenvalue weighted by Crippen LogP contribution is 2.18. The molecule has 0 aliphatic heterocycles. The third-order valence-corrected chi connectivity index (χ3v) is 3.91. The summed E-state index contributed by atoms with van der Waals surface area (Å²) in [5.74, 6) is 0. The fraction of sp³-hybridized carbons (Fsp3) is 0.0476. The third kappa shape index (κ3) is 2.09. The predicted octanol–water partition coefficient (Wildman–Crippen LogP) is 4.40. The first-order valence-corrected chi connectivity index (χ1v) is 7.15. The molecule has 0 heterocycles. The van der Waals surface area contributed by atoms with Gasteiger partial charge in [-0.15, -0.1) is 0 Å². The molecule has 0 N–H and O–H groups in total. The van der Waals surface area contributed by atoms with Crippen LogP contribution in [0.4, 0.5) is 0 Å². The van der Waals surface area contributed by atoms with Gasteiger partial charge < -0.3 is 0 Å². The topological polar surface area (TPSA) is 0 Å². The van der Waals surface area contributed by atoms with Gasteiger partial charge in [-0.25, -0.2) is 0 Å². The highest BCUT2D eigenvalue weighted by atomic mass is 14.1. The zero-order valence-corrected chi connectivity index (χ0v) is 12.3. The normalized spacial score (nSPS) is 12.5. The molecule has 21 heavy (non-hydrogen) atoms. The number of fused-ring (bicyclic) bond motifs is 2. The summed E-state index contributed by atoms with van der Waals surface area (Å²) in [5.41, 5.74) is 1.14. The molecule has 3 rings (SSSR count). The van der Waals surface area contributed by atoms with Crippen LogP contribution in [0.25, 0.3) is 40.3 Å². The van der Waals surface area contributed by atoms with Gasteiger partial charge in [0, 0.05) is 0 Å². The van der Waals surface area contributed by atoms with Crippen LogP contribution in [-0.2, 0) is 0 Å². The molecule has 0 atom stereocenters. The predicted molar refractivity (Wildman–Crippen MR) is 95.6 cm³/mol. The molecule has 0 radical (unpaired) electrons. The van der Waals surface area contributed by atoms with E-state index >= 15 is 0 Å². The van der Waals surface area contributed by atoms with Crippen LogP contribution >= 0.6 is 0 Å². The fourth-order valence-corrected chi connectivity index (χ4v) is 2.93. The SMILES string of the molecule is C=Cc1cccc2/c(=C/C=C\C)c3ccccc3c(=C)c12. The number of hydrogen-bond acceptors (Lipinski definition) is 0. The van der Waals surface area contributed by atoms with Crippen molar-refractivity contribution in [3.05, 3.63) is 77.2 Å². The second-order valence-electron chi connectivity index (χ2n) is 5.10. The minimum absolute atomic E-state index is 1.08. The lowest BCUT2D eigenvalue weighted by Crippen LogP contribution is -2.14. The minimum Gasteiger partial charge on any atom is -0.0984 e. The zero-order chi connectivity index (χ0) is 14.8. The summed E-state index contributed by atoms with van der Waals surface area (Å²) in [7, 11) is 0. The van der Waals surface area contributed by atoms with Crippen molar-refractivity contribution in [3.63, 3.8) is 0 Å². The molecule has 0 heteroatoms. The molecule has 0 saturated carbocycles. The van der Waals surface area contributed by atoms with Crippen LogP contribution in [0.5, 0.6) is 0 Å². The molecule has 0 aromatic heterocycles. The number of allylic oxidation sites excluding steroid dienone is 2. The second-order valence-corrected chi connectivity index (χ2v) is 5.10. The molecule has 0 unspecified atom stereocenters. The third-order valence-electron chi connectivity index (χ3n) is 3.91. The van der Waals surface area contributed by atoms with E-state index < -0.39 is 0 Å². The Morgan fingerprint density at radius 3 is 2.33 bits per heavy atom. The van der Waals surface area contributed by atoms with Gasteiger partial charge in [0.2, 0.25) is 0 Å². The number of hydrogen-bond donors (Lipinski definition) is 0. The Kier molecular flexibility index (Phi) is 3.45. The molecule has 0 saturated heterocycles. The maximum Gasteiger partial charge on any atom is -0.00325 e. The van der Waals surface area contributed by atoms with E-state index in [0.29, 0.717) is 0 Å². The van der Waals surface area contributed by atoms with Crippen molar-refractivity contribution in [2.45, 2.75) is 6.92 Å². The van der Waals surface area contributed by atoms with E-state index in [9.17, 15) is 0 Å². The van der Waals surface area contributed by atoms with Crippen LogP contribution in [-0.4, -0.2) is 0 Å². The van der Waals surface area contributed by atoms with Crippen LogP contribution in [0, 0.1) is 0 Å². The Bertz CT molecular complexity index is 972. The Labute approximate surface area is 125 Å². The first kappa shape index (κ1) is 13.4. The monoisotopic (exact) mass is 270 g/mol. The molecule has 0 fully saturated rings. The lowest BCUT2D eigenvalue weighted by atomic mass is 9.95. The average molecular weight is 270 g/mol. The van der Waals surface area contributed by atoms with Gasteiger partial charge in [-0.2, -0.15) is 0 Å². The molecular formula is C21H18. The Balaban J connectivity index is 2.72. The van der Waals surface area contributed by atoms with Crippen LogP contribution in [0.15, 0.2) is 61.2 Å². The van der Waals surface area contributed by atoms with Crippen molar-refractivity contribution in [1.29, 1.82) is 0 Å². The fourth-order valence-electron chi connectivity index (χ4n) is 2.93.